The summed E-state index contributed by atoms with van der Waals surface area (Å²) in [6.07, 6.45) is 2.88. The second kappa shape index (κ2) is 6.52. The van der Waals surface area contributed by atoms with E-state index in [-0.39, 0.29) is 17.5 Å². The van der Waals surface area contributed by atoms with Crippen molar-refractivity contribution in [3.63, 3.8) is 0 Å². The smallest absolute Gasteiger partial charge is 0.244 e. The Morgan fingerprint density at radius 1 is 1.15 bits per heavy atom. The molecule has 20 heavy (non-hydrogen) atoms. The van der Waals surface area contributed by atoms with Gasteiger partial charge < -0.3 is 10.4 Å². The Balaban J connectivity index is 1.90. The molecule has 0 radical (unpaired) electrons. The van der Waals surface area contributed by atoms with Gasteiger partial charge in [-0.25, -0.2) is 4.39 Å². The number of para-hydroxylation sites is 1. The standard InChI is InChI=1S/C16H14FNO2/c17-14-8-5-12(6-9-14)11-18-16(20)10-7-13-3-1-2-4-15(13)19/h1-10,19H,11H2,(H,18,20). The lowest BCUT2D eigenvalue weighted by atomic mass is 10.2. The molecule has 0 atom stereocenters. The molecule has 0 heterocycles. The van der Waals surface area contributed by atoms with E-state index in [1.807, 2.05) is 0 Å². The summed E-state index contributed by atoms with van der Waals surface area (Å²) in [4.78, 5) is 11.6. The van der Waals surface area contributed by atoms with Crippen LogP contribution in [0.4, 0.5) is 4.39 Å². The number of carbonyl (C=O) groups is 1. The van der Waals surface area contributed by atoms with E-state index in [4.69, 9.17) is 0 Å². The van der Waals surface area contributed by atoms with Gasteiger partial charge in [-0.3, -0.25) is 4.79 Å². The van der Waals surface area contributed by atoms with Crippen molar-refractivity contribution < 1.29 is 14.3 Å². The van der Waals surface area contributed by atoms with Crippen LogP contribution in [0.1, 0.15) is 11.1 Å². The molecule has 0 saturated carbocycles. The summed E-state index contributed by atoms with van der Waals surface area (Å²) in [7, 11) is 0. The third-order valence-corrected chi connectivity index (χ3v) is 2.73. The number of hydrogen-bond acceptors (Lipinski definition) is 2. The zero-order valence-electron chi connectivity index (χ0n) is 10.7. The number of aromatic hydroxyl groups is 1. The van der Waals surface area contributed by atoms with Gasteiger partial charge >= 0.3 is 0 Å². The van der Waals surface area contributed by atoms with Gasteiger partial charge in [0.2, 0.25) is 5.91 Å². The van der Waals surface area contributed by atoms with Gasteiger partial charge in [0.1, 0.15) is 11.6 Å². The predicted molar refractivity (Wildman–Crippen MR) is 75.4 cm³/mol. The first-order valence-electron chi connectivity index (χ1n) is 6.13. The van der Waals surface area contributed by atoms with E-state index in [0.717, 1.165) is 5.56 Å². The van der Waals surface area contributed by atoms with Gasteiger partial charge in [0.25, 0.3) is 0 Å². The molecule has 0 spiro atoms. The van der Waals surface area contributed by atoms with Gasteiger partial charge in [0, 0.05) is 18.2 Å². The van der Waals surface area contributed by atoms with Crippen LogP contribution in [0.5, 0.6) is 5.75 Å². The van der Waals surface area contributed by atoms with E-state index in [1.54, 1.807) is 36.4 Å². The van der Waals surface area contributed by atoms with E-state index in [0.29, 0.717) is 12.1 Å². The molecule has 0 bridgehead atoms. The predicted octanol–water partition coefficient (Wildman–Crippen LogP) is 2.86. The molecule has 102 valence electrons. The molecule has 3 nitrogen and oxygen atoms in total. The van der Waals surface area contributed by atoms with Crippen molar-refractivity contribution in [2.75, 3.05) is 0 Å². The van der Waals surface area contributed by atoms with Gasteiger partial charge in [-0.05, 0) is 29.8 Å². The zero-order chi connectivity index (χ0) is 14.4. The van der Waals surface area contributed by atoms with Crippen LogP contribution >= 0.6 is 0 Å². The van der Waals surface area contributed by atoms with Crippen LogP contribution in [0, 0.1) is 5.82 Å². The van der Waals surface area contributed by atoms with Crippen molar-refractivity contribution in [2.24, 2.45) is 0 Å². The summed E-state index contributed by atoms with van der Waals surface area (Å²) in [6, 6.07) is 12.7. The van der Waals surface area contributed by atoms with E-state index < -0.39 is 0 Å². The Bertz CT molecular complexity index is 621. The molecule has 2 rings (SSSR count). The molecule has 2 aromatic rings. The summed E-state index contributed by atoms with van der Waals surface area (Å²) in [5.41, 5.74) is 1.39. The highest BCUT2D eigenvalue weighted by Crippen LogP contribution is 2.16. The minimum Gasteiger partial charge on any atom is -0.507 e. The summed E-state index contributed by atoms with van der Waals surface area (Å²) in [6.45, 7) is 0.324. The fraction of sp³-hybridized carbons (Fsp3) is 0.0625. The molecule has 4 heteroatoms. The lowest BCUT2D eigenvalue weighted by Crippen LogP contribution is -2.20. The number of benzene rings is 2. The average Bonchev–Trinajstić information content (AvgIpc) is 2.46. The van der Waals surface area contributed by atoms with Crippen LogP contribution in [0.2, 0.25) is 0 Å². The second-order valence-electron chi connectivity index (χ2n) is 4.24. The highest BCUT2D eigenvalue weighted by Gasteiger charge is 1.99. The van der Waals surface area contributed by atoms with Gasteiger partial charge in [0.05, 0.1) is 0 Å². The van der Waals surface area contributed by atoms with Crippen molar-refractivity contribution in [1.82, 2.24) is 5.32 Å². The Labute approximate surface area is 116 Å². The molecule has 0 aliphatic rings. The Kier molecular flexibility index (Phi) is 4.50. The van der Waals surface area contributed by atoms with Crippen LogP contribution < -0.4 is 5.32 Å². The van der Waals surface area contributed by atoms with Crippen molar-refractivity contribution in [3.8, 4) is 5.75 Å². The number of hydrogen-bond donors (Lipinski definition) is 2. The van der Waals surface area contributed by atoms with Crippen LogP contribution in [0.25, 0.3) is 6.08 Å². The third-order valence-electron chi connectivity index (χ3n) is 2.73. The Hall–Kier alpha value is -2.62. The van der Waals surface area contributed by atoms with Crippen LogP contribution in [-0.4, -0.2) is 11.0 Å². The summed E-state index contributed by atoms with van der Waals surface area (Å²) < 4.78 is 12.7. The Morgan fingerprint density at radius 2 is 1.85 bits per heavy atom. The molecule has 0 unspecified atom stereocenters. The normalized spacial score (nSPS) is 10.7. The molecule has 0 aromatic heterocycles. The molecule has 0 aliphatic heterocycles. The molecule has 0 fully saturated rings. The number of phenols is 1. The fourth-order valence-corrected chi connectivity index (χ4v) is 1.64. The first-order valence-corrected chi connectivity index (χ1v) is 6.13. The molecule has 2 aromatic carbocycles. The monoisotopic (exact) mass is 271 g/mol. The van der Waals surface area contributed by atoms with E-state index in [9.17, 15) is 14.3 Å². The molecule has 0 saturated heterocycles. The average molecular weight is 271 g/mol. The quantitative estimate of drug-likeness (QED) is 0.840. The van der Waals surface area contributed by atoms with Gasteiger partial charge in [-0.15, -0.1) is 0 Å². The van der Waals surface area contributed by atoms with Crippen LogP contribution in [0.15, 0.2) is 54.6 Å². The van der Waals surface area contributed by atoms with Crippen LogP contribution in [0.3, 0.4) is 0 Å². The minimum atomic E-state index is -0.306. The molecular weight excluding hydrogens is 257 g/mol. The maximum Gasteiger partial charge on any atom is 0.244 e. The SMILES string of the molecule is O=C(C=Cc1ccccc1O)NCc1ccc(F)cc1. The number of carbonyl (C=O) groups excluding carboxylic acids is 1. The third kappa shape index (κ3) is 3.95. The largest absolute Gasteiger partial charge is 0.507 e. The van der Waals surface area contributed by atoms with E-state index in [2.05, 4.69) is 5.32 Å². The first-order chi connectivity index (χ1) is 9.65. The van der Waals surface area contributed by atoms with E-state index in [1.165, 1.54) is 24.3 Å². The zero-order valence-corrected chi connectivity index (χ0v) is 10.7. The van der Waals surface area contributed by atoms with E-state index >= 15 is 0 Å². The van der Waals surface area contributed by atoms with Gasteiger partial charge in [-0.1, -0.05) is 30.3 Å². The lowest BCUT2D eigenvalue weighted by Gasteiger charge is -2.02. The molecule has 1 amide bonds. The van der Waals surface area contributed by atoms with Gasteiger partial charge in [-0.2, -0.15) is 0 Å². The summed E-state index contributed by atoms with van der Waals surface area (Å²) >= 11 is 0. The molecule has 0 aliphatic carbocycles. The highest BCUT2D eigenvalue weighted by atomic mass is 19.1. The van der Waals surface area contributed by atoms with Crippen molar-refractivity contribution >= 4 is 12.0 Å². The minimum absolute atomic E-state index is 0.120. The number of nitrogens with one attached hydrogen (secondary N) is 1. The number of amides is 1. The highest BCUT2D eigenvalue weighted by molar-refractivity contribution is 5.92. The van der Waals surface area contributed by atoms with Crippen molar-refractivity contribution in [1.29, 1.82) is 0 Å². The number of rotatable bonds is 4. The molecule has 2 N–H and O–H groups in total. The topological polar surface area (TPSA) is 49.3 Å². The fourth-order valence-electron chi connectivity index (χ4n) is 1.64. The van der Waals surface area contributed by atoms with Gasteiger partial charge in [0.15, 0.2) is 0 Å². The summed E-state index contributed by atoms with van der Waals surface area (Å²) in [5, 5.41) is 12.2. The Morgan fingerprint density at radius 3 is 2.55 bits per heavy atom. The lowest BCUT2D eigenvalue weighted by molar-refractivity contribution is -0.116. The van der Waals surface area contributed by atoms with Crippen LogP contribution in [-0.2, 0) is 11.3 Å². The number of halogens is 1. The maximum atomic E-state index is 12.7. The van der Waals surface area contributed by atoms with Crippen molar-refractivity contribution in [2.45, 2.75) is 6.54 Å². The first kappa shape index (κ1) is 13.8. The number of phenolic OH excluding ortho intramolecular Hbond substituents is 1. The van der Waals surface area contributed by atoms with Crippen molar-refractivity contribution in [3.05, 3.63) is 71.6 Å². The molecular formula is C16H14FNO2. The summed E-state index contributed by atoms with van der Waals surface area (Å²) in [5.74, 6) is -0.466. The second-order valence-corrected chi connectivity index (χ2v) is 4.24. The maximum absolute atomic E-state index is 12.7.